The van der Waals surface area contributed by atoms with Crippen LogP contribution in [0.5, 0.6) is 0 Å². The number of hydrogen-bond donors (Lipinski definition) is 4. The maximum Gasteiger partial charge on any atom is 0.290 e. The topological polar surface area (TPSA) is 149 Å². The molecule has 0 atom stereocenters. The fraction of sp³-hybridized carbons (Fsp3) is 0. The molecule has 73 valence electrons. The van der Waals surface area contributed by atoms with Crippen LogP contribution in [0.4, 0.5) is 0 Å². The van der Waals surface area contributed by atoms with Crippen LogP contribution in [0.1, 0.15) is 0 Å². The Morgan fingerprint density at radius 3 is 0.538 bits per heavy atom. The van der Waals surface area contributed by atoms with Gasteiger partial charge in [0.25, 0.3) is 25.9 Å². The molecule has 0 spiro atoms. The molecule has 0 aliphatic rings. The molecule has 8 nitrogen and oxygen atoms in total. The monoisotopic (exact) mass is 223 g/mol. The van der Waals surface area contributed by atoms with E-state index in [0.717, 1.165) is 0 Å². The van der Waals surface area contributed by atoms with Gasteiger partial charge in [-0.1, -0.05) is 0 Å². The summed E-state index contributed by atoms with van der Waals surface area (Å²) in [4.78, 5) is 33.4. The van der Waals surface area contributed by atoms with E-state index in [1.165, 1.54) is 0 Å². The van der Waals surface area contributed by atoms with Gasteiger partial charge in [0.1, 0.15) is 0 Å². The van der Waals surface area contributed by atoms with Crippen LogP contribution < -0.4 is 0 Å². The van der Waals surface area contributed by atoms with Crippen LogP contribution in [0, 0.1) is 0 Å². The smallest absolute Gasteiger partial charge is 0.290 e. The van der Waals surface area contributed by atoms with Gasteiger partial charge in [-0.2, -0.15) is 0 Å². The molecular formula is C4H8KO8. The summed E-state index contributed by atoms with van der Waals surface area (Å²) in [5, 5.41) is 27.6. The summed E-state index contributed by atoms with van der Waals surface area (Å²) in [7, 11) is 0. The van der Waals surface area contributed by atoms with Crippen LogP contribution in [-0.2, 0) is 19.2 Å². The first kappa shape index (κ1) is 29.4. The van der Waals surface area contributed by atoms with E-state index >= 15 is 0 Å². The van der Waals surface area contributed by atoms with Crippen molar-refractivity contribution < 1.29 is 39.6 Å². The Bertz CT molecular complexity index is 70.1. The molecule has 0 rings (SSSR count). The van der Waals surface area contributed by atoms with E-state index in [4.69, 9.17) is 39.6 Å². The first-order chi connectivity index (χ1) is 5.66. The minimum atomic E-state index is -0.250. The molecule has 0 saturated carbocycles. The van der Waals surface area contributed by atoms with Crippen LogP contribution in [0.25, 0.3) is 0 Å². The van der Waals surface area contributed by atoms with Crippen molar-refractivity contribution in [2.75, 3.05) is 0 Å². The Morgan fingerprint density at radius 2 is 0.538 bits per heavy atom. The van der Waals surface area contributed by atoms with Gasteiger partial charge in [-0.3, -0.25) is 19.2 Å². The zero-order valence-corrected chi connectivity index (χ0v) is 9.85. The van der Waals surface area contributed by atoms with Gasteiger partial charge in [0.05, 0.1) is 0 Å². The van der Waals surface area contributed by atoms with Crippen molar-refractivity contribution in [2.45, 2.75) is 0 Å². The molecule has 0 saturated heterocycles. The number of carbonyl (C=O) groups is 4. The van der Waals surface area contributed by atoms with Gasteiger partial charge >= 0.3 is 0 Å². The molecule has 1 radical (unpaired) electrons. The molecule has 9 heteroatoms. The quantitative estimate of drug-likeness (QED) is 0.284. The van der Waals surface area contributed by atoms with Crippen molar-refractivity contribution in [3.05, 3.63) is 0 Å². The van der Waals surface area contributed by atoms with Gasteiger partial charge in [0, 0.05) is 51.4 Å². The van der Waals surface area contributed by atoms with Crippen LogP contribution in [-0.4, -0.2) is 97.7 Å². The van der Waals surface area contributed by atoms with Crippen LogP contribution in [0.3, 0.4) is 0 Å². The Kier molecular flexibility index (Phi) is 233. The molecule has 0 amide bonds. The fourth-order valence-corrected chi connectivity index (χ4v) is 0. The standard InChI is InChI=1S/4CH2O2.K/c4*2-1-3;/h4*1H,(H,2,3);. The molecule has 0 aromatic heterocycles. The maximum absolute atomic E-state index is 8.36. The first-order valence-electron chi connectivity index (χ1n) is 1.98. The third kappa shape index (κ3) is 4460. The van der Waals surface area contributed by atoms with Gasteiger partial charge in [-0.25, -0.2) is 0 Å². The van der Waals surface area contributed by atoms with Crippen molar-refractivity contribution in [1.29, 1.82) is 0 Å². The zero-order valence-electron chi connectivity index (χ0n) is 6.73. The van der Waals surface area contributed by atoms with Crippen LogP contribution in [0.2, 0.25) is 0 Å². The molecule has 0 aromatic carbocycles. The van der Waals surface area contributed by atoms with E-state index in [-0.39, 0.29) is 77.3 Å². The normalized spacial score (nSPS) is 3.69. The van der Waals surface area contributed by atoms with E-state index in [1.54, 1.807) is 0 Å². The summed E-state index contributed by atoms with van der Waals surface area (Å²) in [5.41, 5.74) is 0. The summed E-state index contributed by atoms with van der Waals surface area (Å²) in [6.45, 7) is -1.00. The van der Waals surface area contributed by atoms with Gasteiger partial charge < -0.3 is 20.4 Å². The molecule has 13 heavy (non-hydrogen) atoms. The van der Waals surface area contributed by atoms with Gasteiger partial charge in [-0.15, -0.1) is 0 Å². The molecule has 0 heterocycles. The largest absolute Gasteiger partial charge is 0.483 e. The van der Waals surface area contributed by atoms with Gasteiger partial charge in [0.15, 0.2) is 0 Å². The second-order valence-electron chi connectivity index (χ2n) is 0.422. The number of rotatable bonds is 0. The minimum absolute atomic E-state index is 0. The predicted octanol–water partition coefficient (Wildman–Crippen LogP) is -1.58. The van der Waals surface area contributed by atoms with Gasteiger partial charge in [-0.05, 0) is 0 Å². The van der Waals surface area contributed by atoms with E-state index < -0.39 is 0 Å². The van der Waals surface area contributed by atoms with E-state index in [0.29, 0.717) is 0 Å². The van der Waals surface area contributed by atoms with Gasteiger partial charge in [0.2, 0.25) is 0 Å². The number of carboxylic acid groups (broad SMARTS) is 4. The average Bonchev–Trinajstić information content (AvgIpc) is 1.92. The summed E-state index contributed by atoms with van der Waals surface area (Å²) in [6.07, 6.45) is 0. The summed E-state index contributed by atoms with van der Waals surface area (Å²) in [6, 6.07) is 0. The molecule has 0 aromatic rings. The zero-order chi connectivity index (χ0) is 10.8. The van der Waals surface area contributed by atoms with E-state index in [9.17, 15) is 0 Å². The molecular weight excluding hydrogens is 215 g/mol. The maximum atomic E-state index is 8.36. The van der Waals surface area contributed by atoms with Crippen molar-refractivity contribution >= 4 is 77.3 Å². The van der Waals surface area contributed by atoms with Crippen molar-refractivity contribution in [3.8, 4) is 0 Å². The summed E-state index contributed by atoms with van der Waals surface area (Å²) in [5.74, 6) is 0. The third-order valence-electron chi connectivity index (χ3n) is 0. The summed E-state index contributed by atoms with van der Waals surface area (Å²) < 4.78 is 0. The van der Waals surface area contributed by atoms with Crippen LogP contribution in [0.15, 0.2) is 0 Å². The van der Waals surface area contributed by atoms with Crippen molar-refractivity contribution in [3.63, 3.8) is 0 Å². The number of hydrogen-bond acceptors (Lipinski definition) is 4. The van der Waals surface area contributed by atoms with Crippen LogP contribution >= 0.6 is 0 Å². The molecule has 0 aliphatic heterocycles. The molecule has 0 unspecified atom stereocenters. The molecule has 0 fully saturated rings. The minimum Gasteiger partial charge on any atom is -0.483 e. The fourth-order valence-electron chi connectivity index (χ4n) is 0. The Morgan fingerprint density at radius 1 is 0.538 bits per heavy atom. The second-order valence-corrected chi connectivity index (χ2v) is 0.422. The first-order valence-corrected chi connectivity index (χ1v) is 1.98. The van der Waals surface area contributed by atoms with Crippen molar-refractivity contribution in [2.24, 2.45) is 0 Å². The Hall–Kier alpha value is -0.484. The Labute approximate surface area is 116 Å². The molecule has 4 N–H and O–H groups in total. The third-order valence-corrected chi connectivity index (χ3v) is 0. The van der Waals surface area contributed by atoms with Crippen molar-refractivity contribution in [1.82, 2.24) is 0 Å². The molecule has 0 aliphatic carbocycles. The predicted molar refractivity (Wildman–Crippen MR) is 40.5 cm³/mol. The molecule has 0 bridgehead atoms. The SMILES string of the molecule is O=CO.O=CO.O=CO.O=CO.[K]. The van der Waals surface area contributed by atoms with E-state index in [2.05, 4.69) is 0 Å². The average molecular weight is 223 g/mol. The second kappa shape index (κ2) is 103. The summed E-state index contributed by atoms with van der Waals surface area (Å²) >= 11 is 0. The Balaban J connectivity index is -0.0000000213. The van der Waals surface area contributed by atoms with E-state index in [1.807, 2.05) is 0 Å².